The molecule has 1 aliphatic heterocycles. The van der Waals surface area contributed by atoms with Gasteiger partial charge in [-0.15, -0.1) is 0 Å². The largest absolute Gasteiger partial charge is 0.368 e. The van der Waals surface area contributed by atoms with Crippen molar-refractivity contribution in [2.24, 2.45) is 10.7 Å². The van der Waals surface area contributed by atoms with Gasteiger partial charge in [0.1, 0.15) is 0 Å². The summed E-state index contributed by atoms with van der Waals surface area (Å²) in [7, 11) is 1.78. The van der Waals surface area contributed by atoms with Crippen molar-refractivity contribution in [3.8, 4) is 0 Å². The van der Waals surface area contributed by atoms with Gasteiger partial charge >= 0.3 is 0 Å². The van der Waals surface area contributed by atoms with Gasteiger partial charge in [-0.3, -0.25) is 9.79 Å². The highest BCUT2D eigenvalue weighted by Gasteiger charge is 2.20. The van der Waals surface area contributed by atoms with Crippen LogP contribution in [0.4, 0.5) is 5.69 Å². The second-order valence-electron chi connectivity index (χ2n) is 6.42. The number of benzene rings is 2. The molecule has 2 aromatic rings. The van der Waals surface area contributed by atoms with E-state index in [0.29, 0.717) is 12.1 Å². The molecule has 27 heavy (non-hydrogen) atoms. The zero-order valence-corrected chi connectivity index (χ0v) is 16.1. The van der Waals surface area contributed by atoms with Crippen LogP contribution in [0.3, 0.4) is 0 Å². The van der Waals surface area contributed by atoms with E-state index in [1.165, 1.54) is 0 Å². The first-order valence-corrected chi connectivity index (χ1v) is 9.29. The summed E-state index contributed by atoms with van der Waals surface area (Å²) >= 11 is 6.10. The molecule has 1 fully saturated rings. The zero-order valence-electron chi connectivity index (χ0n) is 15.4. The molecule has 0 aliphatic carbocycles. The Morgan fingerprint density at radius 2 is 1.89 bits per heavy atom. The maximum absolute atomic E-state index is 11.3. The van der Waals surface area contributed by atoms with Crippen molar-refractivity contribution < 1.29 is 4.79 Å². The van der Waals surface area contributed by atoms with Crippen molar-refractivity contribution in [2.45, 2.75) is 6.54 Å². The Morgan fingerprint density at radius 3 is 2.56 bits per heavy atom. The molecule has 0 spiro atoms. The number of carbonyl (C=O) groups is 1. The maximum atomic E-state index is 11.3. The van der Waals surface area contributed by atoms with Gasteiger partial charge in [0.25, 0.3) is 0 Å². The molecule has 6 nitrogen and oxygen atoms in total. The van der Waals surface area contributed by atoms with Crippen molar-refractivity contribution in [3.63, 3.8) is 0 Å². The highest BCUT2D eigenvalue weighted by molar-refractivity contribution is 6.30. The highest BCUT2D eigenvalue weighted by atomic mass is 35.5. The second-order valence-corrected chi connectivity index (χ2v) is 6.86. The lowest BCUT2D eigenvalue weighted by atomic mass is 10.1. The van der Waals surface area contributed by atoms with E-state index in [0.717, 1.165) is 48.4 Å². The number of piperazine rings is 1. The monoisotopic (exact) mass is 385 g/mol. The molecule has 1 heterocycles. The third-order valence-corrected chi connectivity index (χ3v) is 4.86. The number of halogens is 1. The number of guanidine groups is 1. The molecular weight excluding hydrogens is 362 g/mol. The molecule has 3 rings (SSSR count). The number of anilines is 1. The van der Waals surface area contributed by atoms with Crippen LogP contribution >= 0.6 is 11.6 Å². The first kappa shape index (κ1) is 19.0. The van der Waals surface area contributed by atoms with E-state index >= 15 is 0 Å². The minimum Gasteiger partial charge on any atom is -0.368 e. The summed E-state index contributed by atoms with van der Waals surface area (Å²) in [6.07, 6.45) is 0. The average Bonchev–Trinajstić information content (AvgIpc) is 2.69. The van der Waals surface area contributed by atoms with Gasteiger partial charge in [0.05, 0.1) is 0 Å². The summed E-state index contributed by atoms with van der Waals surface area (Å²) in [5.41, 5.74) is 8.00. The minimum atomic E-state index is -0.418. The maximum Gasteiger partial charge on any atom is 0.248 e. The smallest absolute Gasteiger partial charge is 0.248 e. The van der Waals surface area contributed by atoms with Crippen LogP contribution in [0.25, 0.3) is 0 Å². The molecule has 1 saturated heterocycles. The topological polar surface area (TPSA) is 74.0 Å². The summed E-state index contributed by atoms with van der Waals surface area (Å²) in [6.45, 7) is 4.12. The number of hydrogen-bond acceptors (Lipinski definition) is 3. The second kappa shape index (κ2) is 8.77. The van der Waals surface area contributed by atoms with Crippen LogP contribution < -0.4 is 16.0 Å². The van der Waals surface area contributed by atoms with E-state index in [1.54, 1.807) is 19.2 Å². The molecule has 0 radical (unpaired) electrons. The van der Waals surface area contributed by atoms with Crippen LogP contribution in [-0.4, -0.2) is 50.0 Å². The number of nitrogens with one attached hydrogen (secondary N) is 1. The number of nitrogens with two attached hydrogens (primary N) is 1. The van der Waals surface area contributed by atoms with E-state index in [4.69, 9.17) is 17.3 Å². The van der Waals surface area contributed by atoms with Crippen LogP contribution in [0.15, 0.2) is 53.5 Å². The summed E-state index contributed by atoms with van der Waals surface area (Å²) in [4.78, 5) is 20.3. The molecule has 1 aliphatic rings. The molecule has 3 N–H and O–H groups in total. The quantitative estimate of drug-likeness (QED) is 0.625. The predicted molar refractivity (Wildman–Crippen MR) is 110 cm³/mol. The Morgan fingerprint density at radius 1 is 1.15 bits per heavy atom. The van der Waals surface area contributed by atoms with Crippen LogP contribution in [0, 0.1) is 0 Å². The number of aliphatic imine (C=N–C) groups is 1. The molecular formula is C20H24ClN5O. The van der Waals surface area contributed by atoms with Crippen LogP contribution in [0.5, 0.6) is 0 Å². The first-order chi connectivity index (χ1) is 13.1. The summed E-state index contributed by atoms with van der Waals surface area (Å²) in [5, 5.41) is 4.12. The SMILES string of the molecule is CN=C(NCc1cccc(C(N)=O)c1)N1CCN(c2cccc(Cl)c2)CC1. The van der Waals surface area contributed by atoms with Gasteiger partial charge in [0.2, 0.25) is 5.91 Å². The van der Waals surface area contributed by atoms with Crippen LogP contribution in [0.2, 0.25) is 5.02 Å². The first-order valence-electron chi connectivity index (χ1n) is 8.91. The lowest BCUT2D eigenvalue weighted by molar-refractivity contribution is 0.1000. The summed E-state index contributed by atoms with van der Waals surface area (Å²) < 4.78 is 0. The van der Waals surface area contributed by atoms with E-state index in [1.807, 2.05) is 30.3 Å². The molecule has 0 bridgehead atoms. The van der Waals surface area contributed by atoms with Gasteiger partial charge in [-0.25, -0.2) is 0 Å². The molecule has 2 aromatic carbocycles. The molecule has 0 saturated carbocycles. The number of nitrogens with zero attached hydrogens (tertiary/aromatic N) is 3. The van der Waals surface area contributed by atoms with Gasteiger partial charge in [-0.2, -0.15) is 0 Å². The standard InChI is InChI=1S/C20H24ClN5O/c1-23-20(24-14-15-4-2-5-16(12-15)19(22)27)26-10-8-25(9-11-26)18-7-3-6-17(21)13-18/h2-7,12-13H,8-11,14H2,1H3,(H2,22,27)(H,23,24). The van der Waals surface area contributed by atoms with Gasteiger partial charge < -0.3 is 20.9 Å². The van der Waals surface area contributed by atoms with E-state index in [2.05, 4.69) is 26.2 Å². The van der Waals surface area contributed by atoms with Crippen LogP contribution in [-0.2, 0) is 6.54 Å². The molecule has 7 heteroatoms. The molecule has 1 amide bonds. The summed E-state index contributed by atoms with van der Waals surface area (Å²) in [6, 6.07) is 15.3. The highest BCUT2D eigenvalue weighted by Crippen LogP contribution is 2.20. The van der Waals surface area contributed by atoms with E-state index in [9.17, 15) is 4.79 Å². The third kappa shape index (κ3) is 4.92. The third-order valence-electron chi connectivity index (χ3n) is 4.63. The van der Waals surface area contributed by atoms with Gasteiger partial charge in [-0.05, 0) is 35.9 Å². The number of carbonyl (C=O) groups excluding carboxylic acids is 1. The number of hydrogen-bond donors (Lipinski definition) is 2. The Hall–Kier alpha value is -2.73. The number of amides is 1. The van der Waals surface area contributed by atoms with Crippen molar-refractivity contribution in [2.75, 3.05) is 38.1 Å². The number of rotatable bonds is 4. The van der Waals surface area contributed by atoms with E-state index < -0.39 is 5.91 Å². The minimum absolute atomic E-state index is 0.418. The van der Waals surface area contributed by atoms with E-state index in [-0.39, 0.29) is 0 Å². The Kier molecular flexibility index (Phi) is 6.19. The van der Waals surface area contributed by atoms with Crippen molar-refractivity contribution in [1.82, 2.24) is 10.2 Å². The van der Waals surface area contributed by atoms with Gasteiger partial charge in [-0.1, -0.05) is 29.8 Å². The fourth-order valence-corrected chi connectivity index (χ4v) is 3.38. The lowest BCUT2D eigenvalue weighted by Gasteiger charge is -2.37. The lowest BCUT2D eigenvalue weighted by Crippen LogP contribution is -2.52. The zero-order chi connectivity index (χ0) is 19.2. The molecule has 0 atom stereocenters. The predicted octanol–water partition coefficient (Wildman–Crippen LogP) is 2.34. The summed E-state index contributed by atoms with van der Waals surface area (Å²) in [5.74, 6) is 0.434. The van der Waals surface area contributed by atoms with Gasteiger partial charge in [0, 0.05) is 56.0 Å². The molecule has 0 aromatic heterocycles. The molecule has 142 valence electrons. The Labute approximate surface area is 164 Å². The van der Waals surface area contributed by atoms with Crippen molar-refractivity contribution >= 4 is 29.2 Å². The van der Waals surface area contributed by atoms with Crippen molar-refractivity contribution in [3.05, 3.63) is 64.7 Å². The fourth-order valence-electron chi connectivity index (χ4n) is 3.20. The average molecular weight is 386 g/mol. The fraction of sp³-hybridized carbons (Fsp3) is 0.300. The van der Waals surface area contributed by atoms with Crippen LogP contribution in [0.1, 0.15) is 15.9 Å². The normalized spacial score (nSPS) is 15.0. The Bertz CT molecular complexity index is 831. The van der Waals surface area contributed by atoms with Gasteiger partial charge in [0.15, 0.2) is 5.96 Å². The number of primary amides is 1. The van der Waals surface area contributed by atoms with Crippen molar-refractivity contribution in [1.29, 1.82) is 0 Å². The molecule has 0 unspecified atom stereocenters. The Balaban J connectivity index is 1.56.